The summed E-state index contributed by atoms with van der Waals surface area (Å²) in [5.41, 5.74) is 20.8. The van der Waals surface area contributed by atoms with Gasteiger partial charge in [-0.3, -0.25) is 0 Å². The van der Waals surface area contributed by atoms with Crippen molar-refractivity contribution in [2.75, 3.05) is 4.90 Å². The molecule has 0 aliphatic heterocycles. The van der Waals surface area contributed by atoms with Gasteiger partial charge in [0.1, 0.15) is 0 Å². The number of benzene rings is 10. The number of anilines is 3. The molecule has 0 atom stereocenters. The summed E-state index contributed by atoms with van der Waals surface area (Å²) in [6, 6.07) is 86.5. The van der Waals surface area contributed by atoms with E-state index < -0.39 is 0 Å². The third-order valence-corrected chi connectivity index (χ3v) is 12.9. The van der Waals surface area contributed by atoms with Crippen LogP contribution in [0, 0.1) is 0 Å². The minimum atomic E-state index is -0.0463. The Hall–Kier alpha value is -7.74. The van der Waals surface area contributed by atoms with Gasteiger partial charge in [-0.05, 0) is 131 Å². The Labute approximate surface area is 364 Å². The maximum atomic E-state index is 2.38. The summed E-state index contributed by atoms with van der Waals surface area (Å²) in [5.74, 6) is 0. The highest BCUT2D eigenvalue weighted by Gasteiger charge is 2.36. The van der Waals surface area contributed by atoms with E-state index in [1.165, 1.54) is 88.7 Å². The average molecular weight is 792 g/mol. The van der Waals surface area contributed by atoms with Gasteiger partial charge in [0, 0.05) is 22.5 Å². The molecular formula is C61H45N. The molecule has 1 heteroatoms. The molecule has 11 rings (SSSR count). The molecule has 0 unspecified atom stereocenters. The molecule has 0 amide bonds. The lowest BCUT2D eigenvalue weighted by molar-refractivity contribution is 0.660. The fourth-order valence-corrected chi connectivity index (χ4v) is 9.69. The van der Waals surface area contributed by atoms with Gasteiger partial charge >= 0.3 is 0 Å². The summed E-state index contributed by atoms with van der Waals surface area (Å²) >= 11 is 0. The van der Waals surface area contributed by atoms with E-state index in [1.54, 1.807) is 0 Å². The maximum absolute atomic E-state index is 2.38. The largest absolute Gasteiger partial charge is 0.310 e. The van der Waals surface area contributed by atoms with Crippen LogP contribution in [0.4, 0.5) is 17.1 Å². The van der Waals surface area contributed by atoms with Gasteiger partial charge in [0.15, 0.2) is 0 Å². The molecule has 10 aromatic carbocycles. The summed E-state index contributed by atoms with van der Waals surface area (Å²) in [5, 5.41) is 2.53. The van der Waals surface area contributed by atoms with Crippen molar-refractivity contribution < 1.29 is 0 Å². The topological polar surface area (TPSA) is 3.24 Å². The quantitative estimate of drug-likeness (QED) is 0.148. The van der Waals surface area contributed by atoms with E-state index in [-0.39, 0.29) is 5.41 Å². The van der Waals surface area contributed by atoms with Crippen molar-refractivity contribution in [2.24, 2.45) is 0 Å². The zero-order valence-corrected chi connectivity index (χ0v) is 35.0. The predicted octanol–water partition coefficient (Wildman–Crippen LogP) is 17.0. The van der Waals surface area contributed by atoms with Crippen LogP contribution in [-0.4, -0.2) is 0 Å². The number of rotatable bonds is 8. The standard InChI is InChI=1S/C61H45N/c1-61(2)58-26-9-8-23-57(58)60-56(25-13-27-59(60)61)47-34-38-52(39-35-47)62(53-21-11-20-50(41-53)49-19-10-18-48(40-49)42-14-4-3-5-15-42)51-36-32-44(33-37-51)43-28-30-46(31-29-43)55-24-12-17-45-16-6-7-22-54(45)55/h3-41H,1-2H3. The van der Waals surface area contributed by atoms with E-state index in [2.05, 4.69) is 255 Å². The minimum absolute atomic E-state index is 0.0463. The van der Waals surface area contributed by atoms with Crippen LogP contribution in [-0.2, 0) is 5.41 Å². The smallest absolute Gasteiger partial charge is 0.0467 e. The minimum Gasteiger partial charge on any atom is -0.310 e. The number of nitrogens with zero attached hydrogens (tertiary/aromatic N) is 1. The van der Waals surface area contributed by atoms with Crippen LogP contribution in [0.15, 0.2) is 237 Å². The SMILES string of the molecule is CC1(C)c2ccccc2-c2c(-c3ccc(N(c4ccc(-c5ccc(-c6cccc7ccccc67)cc5)cc4)c4cccc(-c5cccc(-c6ccccc6)c5)c4)cc3)cccc21. The van der Waals surface area contributed by atoms with Crippen LogP contribution in [0.2, 0.25) is 0 Å². The van der Waals surface area contributed by atoms with Crippen LogP contribution in [0.5, 0.6) is 0 Å². The third-order valence-electron chi connectivity index (χ3n) is 12.9. The van der Waals surface area contributed by atoms with Crippen molar-refractivity contribution >= 4 is 27.8 Å². The molecule has 0 aromatic heterocycles. The fraction of sp³-hybridized carbons (Fsp3) is 0.0492. The Balaban J connectivity index is 0.970. The number of hydrogen-bond donors (Lipinski definition) is 0. The van der Waals surface area contributed by atoms with Crippen LogP contribution >= 0.6 is 0 Å². The normalized spacial score (nSPS) is 12.5. The van der Waals surface area contributed by atoms with Gasteiger partial charge in [0.2, 0.25) is 0 Å². The molecule has 0 radical (unpaired) electrons. The molecule has 1 nitrogen and oxygen atoms in total. The van der Waals surface area contributed by atoms with Gasteiger partial charge in [-0.25, -0.2) is 0 Å². The van der Waals surface area contributed by atoms with Gasteiger partial charge in [-0.2, -0.15) is 0 Å². The second kappa shape index (κ2) is 15.4. The molecule has 0 fully saturated rings. The molecule has 62 heavy (non-hydrogen) atoms. The fourth-order valence-electron chi connectivity index (χ4n) is 9.69. The first-order chi connectivity index (χ1) is 30.5. The zero-order chi connectivity index (χ0) is 41.6. The van der Waals surface area contributed by atoms with Gasteiger partial charge < -0.3 is 4.90 Å². The van der Waals surface area contributed by atoms with Gasteiger partial charge in [-0.15, -0.1) is 0 Å². The predicted molar refractivity (Wildman–Crippen MR) is 263 cm³/mol. The lowest BCUT2D eigenvalue weighted by Gasteiger charge is -2.27. The first kappa shape index (κ1) is 37.3. The molecule has 0 heterocycles. The molecule has 294 valence electrons. The molecular weight excluding hydrogens is 747 g/mol. The summed E-state index contributed by atoms with van der Waals surface area (Å²) in [4.78, 5) is 2.38. The highest BCUT2D eigenvalue weighted by Crippen LogP contribution is 2.52. The molecule has 1 aliphatic rings. The zero-order valence-electron chi connectivity index (χ0n) is 35.0. The second-order valence-corrected chi connectivity index (χ2v) is 16.9. The molecule has 0 saturated carbocycles. The van der Waals surface area contributed by atoms with E-state index in [9.17, 15) is 0 Å². The van der Waals surface area contributed by atoms with Crippen molar-refractivity contribution in [3.8, 4) is 66.8 Å². The molecule has 0 spiro atoms. The van der Waals surface area contributed by atoms with Crippen LogP contribution in [0.1, 0.15) is 25.0 Å². The number of fused-ring (bicyclic) bond motifs is 4. The van der Waals surface area contributed by atoms with Crippen LogP contribution in [0.25, 0.3) is 77.5 Å². The van der Waals surface area contributed by atoms with Crippen molar-refractivity contribution in [1.82, 2.24) is 0 Å². The summed E-state index contributed by atoms with van der Waals surface area (Å²) < 4.78 is 0. The molecule has 0 bridgehead atoms. The van der Waals surface area contributed by atoms with Gasteiger partial charge in [-0.1, -0.05) is 208 Å². The van der Waals surface area contributed by atoms with E-state index in [4.69, 9.17) is 0 Å². The van der Waals surface area contributed by atoms with Gasteiger partial charge in [0.05, 0.1) is 0 Å². The van der Waals surface area contributed by atoms with E-state index in [1.807, 2.05) is 0 Å². The Morgan fingerprint density at radius 3 is 1.50 bits per heavy atom. The highest BCUT2D eigenvalue weighted by atomic mass is 15.1. The maximum Gasteiger partial charge on any atom is 0.0467 e. The summed E-state index contributed by atoms with van der Waals surface area (Å²) in [6.07, 6.45) is 0. The Bertz CT molecular complexity index is 3220. The molecule has 1 aliphatic carbocycles. The summed E-state index contributed by atoms with van der Waals surface area (Å²) in [7, 11) is 0. The second-order valence-electron chi connectivity index (χ2n) is 16.9. The lowest BCUT2D eigenvalue weighted by atomic mass is 9.82. The van der Waals surface area contributed by atoms with E-state index >= 15 is 0 Å². The lowest BCUT2D eigenvalue weighted by Crippen LogP contribution is -2.14. The first-order valence-corrected chi connectivity index (χ1v) is 21.6. The first-order valence-electron chi connectivity index (χ1n) is 21.6. The molecule has 0 saturated heterocycles. The van der Waals surface area contributed by atoms with Gasteiger partial charge in [0.25, 0.3) is 0 Å². The van der Waals surface area contributed by atoms with Crippen molar-refractivity contribution in [1.29, 1.82) is 0 Å². The van der Waals surface area contributed by atoms with Crippen molar-refractivity contribution in [3.05, 3.63) is 248 Å². The van der Waals surface area contributed by atoms with Crippen LogP contribution in [0.3, 0.4) is 0 Å². The van der Waals surface area contributed by atoms with E-state index in [0.29, 0.717) is 0 Å². The third kappa shape index (κ3) is 6.60. The van der Waals surface area contributed by atoms with Crippen molar-refractivity contribution in [2.45, 2.75) is 19.3 Å². The number of hydrogen-bond acceptors (Lipinski definition) is 1. The highest BCUT2D eigenvalue weighted by molar-refractivity contribution is 5.97. The Kier molecular flexibility index (Phi) is 9.24. The Morgan fingerprint density at radius 1 is 0.290 bits per heavy atom. The molecule has 0 N–H and O–H groups in total. The van der Waals surface area contributed by atoms with E-state index in [0.717, 1.165) is 17.1 Å². The molecule has 10 aromatic rings. The van der Waals surface area contributed by atoms with Crippen molar-refractivity contribution in [3.63, 3.8) is 0 Å². The monoisotopic (exact) mass is 791 g/mol. The van der Waals surface area contributed by atoms with Crippen LogP contribution < -0.4 is 4.90 Å². The average Bonchev–Trinajstić information content (AvgIpc) is 3.58. The summed E-state index contributed by atoms with van der Waals surface area (Å²) in [6.45, 7) is 4.70. The Morgan fingerprint density at radius 2 is 0.742 bits per heavy atom.